The van der Waals surface area contributed by atoms with E-state index in [-0.39, 0.29) is 5.91 Å². The fraction of sp³-hybridized carbons (Fsp3) is 0.357. The van der Waals surface area contributed by atoms with Gasteiger partial charge in [0.15, 0.2) is 11.5 Å². The second kappa shape index (κ2) is 8.06. The summed E-state index contributed by atoms with van der Waals surface area (Å²) in [5, 5.41) is 2.74. The van der Waals surface area contributed by atoms with Crippen molar-refractivity contribution in [1.82, 2.24) is 5.32 Å². The van der Waals surface area contributed by atoms with Crippen LogP contribution in [0.25, 0.3) is 0 Å². The van der Waals surface area contributed by atoms with Crippen LogP contribution >= 0.6 is 0 Å². The first-order valence-electron chi connectivity index (χ1n) is 6.11. The highest BCUT2D eigenvalue weighted by molar-refractivity contribution is 5.98. The third-order valence-corrected chi connectivity index (χ3v) is 2.63. The third-order valence-electron chi connectivity index (χ3n) is 2.63. The van der Waals surface area contributed by atoms with Crippen molar-refractivity contribution in [2.45, 2.75) is 0 Å². The lowest BCUT2D eigenvalue weighted by molar-refractivity contribution is 0.0954. The zero-order valence-electron chi connectivity index (χ0n) is 11.9. The minimum Gasteiger partial charge on any atom is -0.493 e. The second-order valence-corrected chi connectivity index (χ2v) is 3.80. The van der Waals surface area contributed by atoms with Gasteiger partial charge in [0.2, 0.25) is 5.75 Å². The topological polar surface area (TPSA) is 82.8 Å². The Bertz CT molecular complexity index is 486. The zero-order chi connectivity index (χ0) is 15.0. The van der Waals surface area contributed by atoms with Crippen molar-refractivity contribution in [2.75, 3.05) is 34.4 Å². The minimum atomic E-state index is -0.260. The van der Waals surface area contributed by atoms with Crippen molar-refractivity contribution < 1.29 is 19.0 Å². The molecule has 110 valence electrons. The molecule has 1 aromatic rings. The number of rotatable bonds is 7. The number of carbonyl (C=O) groups excluding carboxylic acids is 1. The van der Waals surface area contributed by atoms with Crippen LogP contribution in [0, 0.1) is 0 Å². The summed E-state index contributed by atoms with van der Waals surface area (Å²) in [4.78, 5) is 12.1. The summed E-state index contributed by atoms with van der Waals surface area (Å²) in [6, 6.07) is 3.29. The maximum atomic E-state index is 12.1. The molecule has 0 bridgehead atoms. The van der Waals surface area contributed by atoms with Gasteiger partial charge < -0.3 is 25.3 Å². The Balaban J connectivity index is 2.99. The highest BCUT2D eigenvalue weighted by Crippen LogP contribution is 2.39. The van der Waals surface area contributed by atoms with Crippen molar-refractivity contribution in [3.05, 3.63) is 29.8 Å². The average Bonchev–Trinajstić information content (AvgIpc) is 2.49. The van der Waals surface area contributed by atoms with Gasteiger partial charge in [-0.15, -0.1) is 0 Å². The van der Waals surface area contributed by atoms with Crippen LogP contribution in [0.4, 0.5) is 0 Å². The first-order valence-corrected chi connectivity index (χ1v) is 6.11. The molecule has 0 atom stereocenters. The molecule has 1 aromatic carbocycles. The summed E-state index contributed by atoms with van der Waals surface area (Å²) < 4.78 is 15.7. The predicted octanol–water partition coefficient (Wildman–Crippen LogP) is 0.957. The lowest BCUT2D eigenvalue weighted by Gasteiger charge is -2.15. The molecule has 0 radical (unpaired) electrons. The number of nitrogens with two attached hydrogens (primary N) is 1. The molecule has 6 heteroatoms. The van der Waals surface area contributed by atoms with Crippen molar-refractivity contribution in [3.8, 4) is 17.2 Å². The molecule has 0 saturated heterocycles. The smallest absolute Gasteiger partial charge is 0.255 e. The van der Waals surface area contributed by atoms with Gasteiger partial charge in [0.05, 0.1) is 26.9 Å². The third kappa shape index (κ3) is 3.64. The van der Waals surface area contributed by atoms with Crippen molar-refractivity contribution >= 4 is 5.91 Å². The van der Waals surface area contributed by atoms with Crippen LogP contribution in [0.3, 0.4) is 0 Å². The van der Waals surface area contributed by atoms with E-state index < -0.39 is 0 Å². The monoisotopic (exact) mass is 280 g/mol. The molecule has 0 fully saturated rings. The number of methoxy groups -OCH3 is 3. The summed E-state index contributed by atoms with van der Waals surface area (Å²) in [5.74, 6) is 0.973. The Labute approximate surface area is 118 Å². The van der Waals surface area contributed by atoms with Crippen LogP contribution in [-0.2, 0) is 0 Å². The summed E-state index contributed by atoms with van der Waals surface area (Å²) in [7, 11) is 4.49. The summed E-state index contributed by atoms with van der Waals surface area (Å²) in [6.45, 7) is 0.836. The lowest BCUT2D eigenvalue weighted by atomic mass is 10.1. The molecule has 0 spiro atoms. The van der Waals surface area contributed by atoms with E-state index in [0.717, 1.165) is 0 Å². The number of hydrogen-bond donors (Lipinski definition) is 2. The van der Waals surface area contributed by atoms with Gasteiger partial charge in [0.25, 0.3) is 5.91 Å². The van der Waals surface area contributed by atoms with E-state index in [0.29, 0.717) is 35.9 Å². The molecule has 0 aliphatic heterocycles. The first-order chi connectivity index (χ1) is 9.69. The molecule has 0 aliphatic rings. The number of nitrogens with one attached hydrogen (secondary N) is 1. The Morgan fingerprint density at radius 1 is 1.15 bits per heavy atom. The highest BCUT2D eigenvalue weighted by atomic mass is 16.5. The molecular weight excluding hydrogens is 260 g/mol. The van der Waals surface area contributed by atoms with Crippen LogP contribution in [0.15, 0.2) is 24.3 Å². The average molecular weight is 280 g/mol. The summed E-state index contributed by atoms with van der Waals surface area (Å²) >= 11 is 0. The quantitative estimate of drug-likeness (QED) is 0.727. The van der Waals surface area contributed by atoms with Gasteiger partial charge in [-0.25, -0.2) is 0 Å². The molecule has 0 saturated carbocycles. The Morgan fingerprint density at radius 3 is 2.40 bits per heavy atom. The SMILES string of the molecule is COc1ccc(C(=O)NC/C=C/CN)c(OC)c1OC. The van der Waals surface area contributed by atoms with Gasteiger partial charge in [0.1, 0.15) is 0 Å². The standard InChI is InChI=1S/C14H20N2O4/c1-18-11-7-6-10(12(19-2)13(11)20-3)14(17)16-9-5-4-8-15/h4-7H,8-9,15H2,1-3H3,(H,16,17)/b5-4+. The van der Waals surface area contributed by atoms with E-state index in [2.05, 4.69) is 5.32 Å². The summed E-state index contributed by atoms with van der Waals surface area (Å²) in [5.41, 5.74) is 5.70. The van der Waals surface area contributed by atoms with Crippen LogP contribution in [0.2, 0.25) is 0 Å². The van der Waals surface area contributed by atoms with Crippen LogP contribution in [0.5, 0.6) is 17.2 Å². The molecule has 0 heterocycles. The van der Waals surface area contributed by atoms with E-state index in [1.807, 2.05) is 0 Å². The van der Waals surface area contributed by atoms with Crippen LogP contribution in [0.1, 0.15) is 10.4 Å². The molecular formula is C14H20N2O4. The molecule has 1 rings (SSSR count). The van der Waals surface area contributed by atoms with E-state index in [9.17, 15) is 4.79 Å². The summed E-state index contributed by atoms with van der Waals surface area (Å²) in [6.07, 6.45) is 3.55. The normalized spacial score (nSPS) is 10.4. The molecule has 3 N–H and O–H groups in total. The fourth-order valence-electron chi connectivity index (χ4n) is 1.71. The first kappa shape index (κ1) is 15.8. The second-order valence-electron chi connectivity index (χ2n) is 3.80. The van der Waals surface area contributed by atoms with Gasteiger partial charge in [-0.2, -0.15) is 0 Å². The van der Waals surface area contributed by atoms with E-state index in [1.54, 1.807) is 24.3 Å². The molecule has 6 nitrogen and oxygen atoms in total. The van der Waals surface area contributed by atoms with Gasteiger partial charge >= 0.3 is 0 Å². The molecule has 0 unspecified atom stereocenters. The Kier molecular flexibility index (Phi) is 6.39. The molecule has 0 aliphatic carbocycles. The molecule has 1 amide bonds. The Morgan fingerprint density at radius 2 is 1.85 bits per heavy atom. The number of amides is 1. The molecule has 20 heavy (non-hydrogen) atoms. The van der Waals surface area contributed by atoms with Crippen molar-refractivity contribution in [2.24, 2.45) is 5.73 Å². The fourth-order valence-corrected chi connectivity index (χ4v) is 1.71. The van der Waals surface area contributed by atoms with E-state index >= 15 is 0 Å². The molecule has 0 aromatic heterocycles. The maximum Gasteiger partial charge on any atom is 0.255 e. The van der Waals surface area contributed by atoms with E-state index in [1.165, 1.54) is 21.3 Å². The van der Waals surface area contributed by atoms with Gasteiger partial charge in [0, 0.05) is 13.1 Å². The predicted molar refractivity (Wildman–Crippen MR) is 76.6 cm³/mol. The largest absolute Gasteiger partial charge is 0.493 e. The highest BCUT2D eigenvalue weighted by Gasteiger charge is 2.19. The van der Waals surface area contributed by atoms with Crippen LogP contribution in [-0.4, -0.2) is 40.3 Å². The minimum absolute atomic E-state index is 0.260. The number of benzene rings is 1. The zero-order valence-corrected chi connectivity index (χ0v) is 11.9. The van der Waals surface area contributed by atoms with Gasteiger partial charge in [-0.05, 0) is 12.1 Å². The Hall–Kier alpha value is -2.21. The van der Waals surface area contributed by atoms with Gasteiger partial charge in [-0.3, -0.25) is 4.79 Å². The number of carbonyl (C=O) groups is 1. The number of ether oxygens (including phenoxy) is 3. The number of hydrogen-bond acceptors (Lipinski definition) is 5. The maximum absolute atomic E-state index is 12.1. The van der Waals surface area contributed by atoms with E-state index in [4.69, 9.17) is 19.9 Å². The van der Waals surface area contributed by atoms with Crippen molar-refractivity contribution in [3.63, 3.8) is 0 Å². The van der Waals surface area contributed by atoms with Gasteiger partial charge in [-0.1, -0.05) is 12.2 Å². The lowest BCUT2D eigenvalue weighted by Crippen LogP contribution is -2.24. The van der Waals surface area contributed by atoms with Crippen LogP contribution < -0.4 is 25.3 Å². The van der Waals surface area contributed by atoms with Crippen molar-refractivity contribution in [1.29, 1.82) is 0 Å².